The fourth-order valence-electron chi connectivity index (χ4n) is 2.51. The van der Waals surface area contributed by atoms with E-state index in [0.717, 1.165) is 18.7 Å². The summed E-state index contributed by atoms with van der Waals surface area (Å²) in [5, 5.41) is 3.25. The smallest absolute Gasteiger partial charge is 0.142 e. The summed E-state index contributed by atoms with van der Waals surface area (Å²) in [7, 11) is 5.90. The largest absolute Gasteiger partial charge is 0.495 e. The number of hydrogen-bond donors (Lipinski definition) is 1. The molecule has 3 nitrogen and oxygen atoms in total. The van der Waals surface area contributed by atoms with Gasteiger partial charge in [-0.1, -0.05) is 12.1 Å². The summed E-state index contributed by atoms with van der Waals surface area (Å²) < 4.78 is 5.45. The van der Waals surface area contributed by atoms with Gasteiger partial charge in [0.05, 0.1) is 12.8 Å². The van der Waals surface area contributed by atoms with Gasteiger partial charge in [0.25, 0.3) is 0 Å². The predicted molar refractivity (Wildman–Crippen MR) is 67.4 cm³/mol. The number of ether oxygens (including phenoxy) is 1. The normalized spacial score (nSPS) is 19.4. The Morgan fingerprint density at radius 3 is 3.00 bits per heavy atom. The molecule has 0 spiro atoms. The van der Waals surface area contributed by atoms with E-state index in [4.69, 9.17) is 4.74 Å². The number of rotatable bonds is 3. The minimum Gasteiger partial charge on any atom is -0.495 e. The number of nitrogens with one attached hydrogen (secondary N) is 1. The monoisotopic (exact) mass is 220 g/mol. The van der Waals surface area contributed by atoms with Crippen molar-refractivity contribution in [3.05, 3.63) is 23.8 Å². The first kappa shape index (κ1) is 11.3. The van der Waals surface area contributed by atoms with E-state index in [-0.39, 0.29) is 0 Å². The summed E-state index contributed by atoms with van der Waals surface area (Å²) in [6.45, 7) is 1.02. The Kier molecular flexibility index (Phi) is 3.34. The lowest BCUT2D eigenvalue weighted by atomic mass is 9.95. The summed E-state index contributed by atoms with van der Waals surface area (Å²) in [6, 6.07) is 6.87. The average Bonchev–Trinajstić information content (AvgIpc) is 2.32. The fraction of sp³-hybridized carbons (Fsp3) is 0.538. The molecule has 1 aliphatic rings. The van der Waals surface area contributed by atoms with Crippen molar-refractivity contribution < 1.29 is 4.74 Å². The van der Waals surface area contributed by atoms with Crippen LogP contribution in [0, 0.1) is 0 Å². The summed E-state index contributed by atoms with van der Waals surface area (Å²) in [6.07, 6.45) is 2.35. The van der Waals surface area contributed by atoms with E-state index in [1.165, 1.54) is 17.7 Å². The molecule has 1 unspecified atom stereocenters. The van der Waals surface area contributed by atoms with Gasteiger partial charge in [0, 0.05) is 19.6 Å². The Labute approximate surface area is 97.4 Å². The van der Waals surface area contributed by atoms with E-state index in [1.54, 1.807) is 7.11 Å². The number of likely N-dealkylation sites (N-methyl/N-ethyl adjacent to an activating group) is 2. The highest BCUT2D eigenvalue weighted by Crippen LogP contribution is 2.37. The number of para-hydroxylation sites is 1. The third-order valence-electron chi connectivity index (χ3n) is 3.39. The van der Waals surface area contributed by atoms with Gasteiger partial charge in [-0.2, -0.15) is 0 Å². The zero-order valence-corrected chi connectivity index (χ0v) is 10.3. The Bertz CT molecular complexity index is 351. The van der Waals surface area contributed by atoms with Crippen LogP contribution in [0.4, 0.5) is 5.69 Å². The maximum Gasteiger partial charge on any atom is 0.142 e. The van der Waals surface area contributed by atoms with E-state index < -0.39 is 0 Å². The fourth-order valence-corrected chi connectivity index (χ4v) is 2.51. The molecule has 1 heterocycles. The molecule has 0 fully saturated rings. The quantitative estimate of drug-likeness (QED) is 0.838. The molecule has 1 N–H and O–H groups in total. The summed E-state index contributed by atoms with van der Waals surface area (Å²) in [5.74, 6) is 0.987. The summed E-state index contributed by atoms with van der Waals surface area (Å²) >= 11 is 0. The van der Waals surface area contributed by atoms with Crippen LogP contribution >= 0.6 is 0 Å². The van der Waals surface area contributed by atoms with E-state index in [9.17, 15) is 0 Å². The third-order valence-corrected chi connectivity index (χ3v) is 3.39. The van der Waals surface area contributed by atoms with Crippen LogP contribution in [0.25, 0.3) is 0 Å². The van der Waals surface area contributed by atoms with Crippen molar-refractivity contribution in [1.82, 2.24) is 5.32 Å². The SMILES string of the molecule is CNCC1CCc2cccc(OC)c2N1C. The molecule has 2 rings (SSSR count). The van der Waals surface area contributed by atoms with Crippen molar-refractivity contribution in [2.75, 3.05) is 32.6 Å². The van der Waals surface area contributed by atoms with Crippen molar-refractivity contribution in [2.45, 2.75) is 18.9 Å². The second-order valence-corrected chi connectivity index (χ2v) is 4.33. The van der Waals surface area contributed by atoms with Crippen LogP contribution in [0.5, 0.6) is 5.75 Å². The molecule has 1 aromatic rings. The standard InChI is InChI=1S/C13H20N2O/c1-14-9-11-8-7-10-5-4-6-12(16-3)13(10)15(11)2/h4-6,11,14H,7-9H2,1-3H3. The highest BCUT2D eigenvalue weighted by molar-refractivity contribution is 5.65. The second kappa shape index (κ2) is 4.74. The average molecular weight is 220 g/mol. The Morgan fingerprint density at radius 2 is 2.31 bits per heavy atom. The number of fused-ring (bicyclic) bond motifs is 1. The Balaban J connectivity index is 2.34. The molecular weight excluding hydrogens is 200 g/mol. The molecular formula is C13H20N2O. The van der Waals surface area contributed by atoms with E-state index in [2.05, 4.69) is 29.4 Å². The molecule has 1 aliphatic heterocycles. The lowest BCUT2D eigenvalue weighted by Crippen LogP contribution is -2.42. The van der Waals surface area contributed by atoms with Crippen LogP contribution in [-0.4, -0.2) is 33.8 Å². The summed E-state index contributed by atoms with van der Waals surface area (Å²) in [5.41, 5.74) is 2.66. The van der Waals surface area contributed by atoms with E-state index in [1.807, 2.05) is 13.1 Å². The van der Waals surface area contributed by atoms with Crippen LogP contribution in [0.3, 0.4) is 0 Å². The molecule has 16 heavy (non-hydrogen) atoms. The molecule has 0 saturated carbocycles. The van der Waals surface area contributed by atoms with Crippen molar-refractivity contribution >= 4 is 5.69 Å². The van der Waals surface area contributed by atoms with Gasteiger partial charge >= 0.3 is 0 Å². The van der Waals surface area contributed by atoms with Gasteiger partial charge < -0.3 is 15.0 Å². The number of methoxy groups -OCH3 is 1. The Hall–Kier alpha value is -1.22. The first-order chi connectivity index (χ1) is 7.77. The van der Waals surface area contributed by atoms with Crippen LogP contribution in [0.2, 0.25) is 0 Å². The maximum absolute atomic E-state index is 5.45. The van der Waals surface area contributed by atoms with Crippen LogP contribution in [0.1, 0.15) is 12.0 Å². The van der Waals surface area contributed by atoms with Crippen LogP contribution in [-0.2, 0) is 6.42 Å². The zero-order valence-electron chi connectivity index (χ0n) is 10.3. The zero-order chi connectivity index (χ0) is 11.5. The molecule has 0 aliphatic carbocycles. The van der Waals surface area contributed by atoms with Crippen molar-refractivity contribution in [1.29, 1.82) is 0 Å². The number of hydrogen-bond acceptors (Lipinski definition) is 3. The van der Waals surface area contributed by atoms with Gasteiger partial charge in [0.1, 0.15) is 5.75 Å². The number of anilines is 1. The minimum atomic E-state index is 0.564. The molecule has 1 aromatic carbocycles. The van der Waals surface area contributed by atoms with Gasteiger partial charge in [0.15, 0.2) is 0 Å². The topological polar surface area (TPSA) is 24.5 Å². The van der Waals surface area contributed by atoms with Gasteiger partial charge in [-0.3, -0.25) is 0 Å². The maximum atomic E-state index is 5.45. The molecule has 3 heteroatoms. The number of benzene rings is 1. The molecule has 0 amide bonds. The molecule has 0 saturated heterocycles. The highest BCUT2D eigenvalue weighted by Gasteiger charge is 2.25. The van der Waals surface area contributed by atoms with Crippen molar-refractivity contribution in [2.24, 2.45) is 0 Å². The lowest BCUT2D eigenvalue weighted by molar-refractivity contribution is 0.409. The van der Waals surface area contributed by atoms with Crippen molar-refractivity contribution in [3.8, 4) is 5.75 Å². The Morgan fingerprint density at radius 1 is 1.50 bits per heavy atom. The highest BCUT2D eigenvalue weighted by atomic mass is 16.5. The third kappa shape index (κ3) is 1.87. The molecule has 1 atom stereocenters. The van der Waals surface area contributed by atoms with Crippen molar-refractivity contribution in [3.63, 3.8) is 0 Å². The van der Waals surface area contributed by atoms with Crippen LogP contribution < -0.4 is 15.0 Å². The van der Waals surface area contributed by atoms with Crippen LogP contribution in [0.15, 0.2) is 18.2 Å². The molecule has 0 radical (unpaired) electrons. The van der Waals surface area contributed by atoms with Gasteiger partial charge in [-0.05, 0) is 31.5 Å². The summed E-state index contributed by atoms with van der Waals surface area (Å²) in [4.78, 5) is 2.34. The first-order valence-electron chi connectivity index (χ1n) is 5.81. The molecule has 0 aromatic heterocycles. The number of aryl methyl sites for hydroxylation is 1. The number of nitrogens with zero attached hydrogens (tertiary/aromatic N) is 1. The van der Waals surface area contributed by atoms with E-state index in [0.29, 0.717) is 6.04 Å². The second-order valence-electron chi connectivity index (χ2n) is 4.33. The van der Waals surface area contributed by atoms with Gasteiger partial charge in [-0.15, -0.1) is 0 Å². The van der Waals surface area contributed by atoms with Gasteiger partial charge in [-0.25, -0.2) is 0 Å². The van der Waals surface area contributed by atoms with Gasteiger partial charge in [0.2, 0.25) is 0 Å². The minimum absolute atomic E-state index is 0.564. The first-order valence-corrected chi connectivity index (χ1v) is 5.81. The molecule has 0 bridgehead atoms. The predicted octanol–water partition coefficient (Wildman–Crippen LogP) is 1.67. The van der Waals surface area contributed by atoms with E-state index >= 15 is 0 Å². The molecule has 88 valence electrons. The lowest BCUT2D eigenvalue weighted by Gasteiger charge is -2.36.